The van der Waals surface area contributed by atoms with Crippen LogP contribution in [0, 0.1) is 0 Å². The number of anilines is 1. The summed E-state index contributed by atoms with van der Waals surface area (Å²) in [5, 5.41) is 8.49. The summed E-state index contributed by atoms with van der Waals surface area (Å²) in [6.45, 7) is -0.160. The molecule has 0 fully saturated rings. The van der Waals surface area contributed by atoms with E-state index in [0.29, 0.717) is 11.4 Å². The summed E-state index contributed by atoms with van der Waals surface area (Å²) in [6, 6.07) is 6.69. The van der Waals surface area contributed by atoms with Crippen LogP contribution in [0.15, 0.2) is 24.3 Å². The van der Waals surface area contributed by atoms with Gasteiger partial charge in [-0.05, 0) is 24.3 Å². The SMILES string of the molecule is Nc1ccc(OCCS(=O)(=O)NCCO)cc1. The second kappa shape index (κ2) is 6.43. The van der Waals surface area contributed by atoms with Gasteiger partial charge in [0.05, 0.1) is 12.4 Å². The smallest absolute Gasteiger partial charge is 0.215 e. The molecule has 4 N–H and O–H groups in total. The van der Waals surface area contributed by atoms with Crippen molar-refractivity contribution in [2.24, 2.45) is 0 Å². The summed E-state index contributed by atoms with van der Waals surface area (Å²) in [4.78, 5) is 0. The lowest BCUT2D eigenvalue weighted by Crippen LogP contribution is -2.31. The standard InChI is InChI=1S/C10H16N2O4S/c11-9-1-3-10(4-2-9)16-7-8-17(14,15)12-5-6-13/h1-4,12-13H,5-8,11H2. The van der Waals surface area contributed by atoms with Crippen LogP contribution >= 0.6 is 0 Å². The van der Waals surface area contributed by atoms with Gasteiger partial charge in [0.2, 0.25) is 10.0 Å². The Balaban J connectivity index is 2.34. The van der Waals surface area contributed by atoms with E-state index in [1.165, 1.54) is 0 Å². The molecule has 0 aliphatic rings. The highest BCUT2D eigenvalue weighted by molar-refractivity contribution is 7.89. The van der Waals surface area contributed by atoms with Crippen LogP contribution in [-0.4, -0.2) is 39.0 Å². The Morgan fingerprint density at radius 1 is 1.29 bits per heavy atom. The van der Waals surface area contributed by atoms with Gasteiger partial charge in [0.1, 0.15) is 12.4 Å². The first-order valence-electron chi connectivity index (χ1n) is 5.10. The highest BCUT2D eigenvalue weighted by atomic mass is 32.2. The van der Waals surface area contributed by atoms with Crippen molar-refractivity contribution < 1.29 is 18.3 Å². The maximum absolute atomic E-state index is 11.3. The molecular formula is C10H16N2O4S. The molecule has 0 aliphatic heterocycles. The first-order chi connectivity index (χ1) is 8.03. The second-order valence-corrected chi connectivity index (χ2v) is 5.28. The largest absolute Gasteiger partial charge is 0.492 e. The highest BCUT2D eigenvalue weighted by Crippen LogP contribution is 2.12. The second-order valence-electron chi connectivity index (χ2n) is 3.35. The molecule has 7 heteroatoms. The van der Waals surface area contributed by atoms with Crippen LogP contribution in [0.25, 0.3) is 0 Å². The Bertz CT molecular complexity index is 430. The van der Waals surface area contributed by atoms with Gasteiger partial charge in [-0.25, -0.2) is 13.1 Å². The molecule has 17 heavy (non-hydrogen) atoms. The van der Waals surface area contributed by atoms with Crippen LogP contribution in [0.4, 0.5) is 5.69 Å². The molecule has 1 rings (SSSR count). The molecule has 0 radical (unpaired) electrons. The van der Waals surface area contributed by atoms with E-state index in [0.717, 1.165) is 0 Å². The van der Waals surface area contributed by atoms with Crippen LogP contribution in [-0.2, 0) is 10.0 Å². The van der Waals surface area contributed by atoms with Crippen LogP contribution in [0.3, 0.4) is 0 Å². The Morgan fingerprint density at radius 2 is 1.94 bits per heavy atom. The maximum Gasteiger partial charge on any atom is 0.215 e. The van der Waals surface area contributed by atoms with Crippen LogP contribution in [0.2, 0.25) is 0 Å². The molecular weight excluding hydrogens is 244 g/mol. The zero-order valence-electron chi connectivity index (χ0n) is 9.30. The average Bonchev–Trinajstić information content (AvgIpc) is 2.29. The molecule has 1 aromatic rings. The zero-order chi connectivity index (χ0) is 12.7. The first-order valence-corrected chi connectivity index (χ1v) is 6.75. The number of aliphatic hydroxyl groups is 1. The molecule has 96 valence electrons. The summed E-state index contributed by atoms with van der Waals surface area (Å²) in [6.07, 6.45) is 0. The minimum Gasteiger partial charge on any atom is -0.492 e. The van der Waals surface area contributed by atoms with Gasteiger partial charge in [0.15, 0.2) is 0 Å². The van der Waals surface area contributed by atoms with Crippen molar-refractivity contribution in [1.82, 2.24) is 4.72 Å². The highest BCUT2D eigenvalue weighted by Gasteiger charge is 2.09. The number of nitrogen functional groups attached to an aromatic ring is 1. The predicted molar refractivity (Wildman–Crippen MR) is 65.2 cm³/mol. The third-order valence-electron chi connectivity index (χ3n) is 1.93. The Labute approximate surface area is 100 Å². The number of nitrogens with one attached hydrogen (secondary N) is 1. The number of hydrogen-bond acceptors (Lipinski definition) is 5. The van der Waals surface area contributed by atoms with Gasteiger partial charge < -0.3 is 15.6 Å². The number of aliphatic hydroxyl groups excluding tert-OH is 1. The van der Waals surface area contributed by atoms with Crippen molar-refractivity contribution in [3.8, 4) is 5.75 Å². The van der Waals surface area contributed by atoms with Gasteiger partial charge in [0, 0.05) is 12.2 Å². The summed E-state index contributed by atoms with van der Waals surface area (Å²) in [5.74, 6) is 0.411. The molecule has 0 aliphatic carbocycles. The first kappa shape index (κ1) is 13.8. The topological polar surface area (TPSA) is 102 Å². The van der Waals surface area contributed by atoms with Crippen LogP contribution in [0.1, 0.15) is 0 Å². The van der Waals surface area contributed by atoms with Crippen molar-refractivity contribution in [3.63, 3.8) is 0 Å². The lowest BCUT2D eigenvalue weighted by Gasteiger charge is -2.07. The van der Waals surface area contributed by atoms with E-state index in [1.807, 2.05) is 0 Å². The van der Waals surface area contributed by atoms with E-state index in [-0.39, 0.29) is 25.5 Å². The average molecular weight is 260 g/mol. The quantitative estimate of drug-likeness (QED) is 0.577. The molecule has 0 heterocycles. The molecule has 0 amide bonds. The summed E-state index contributed by atoms with van der Waals surface area (Å²) >= 11 is 0. The van der Waals surface area contributed by atoms with Gasteiger partial charge in [-0.3, -0.25) is 0 Å². The van der Waals surface area contributed by atoms with E-state index in [1.54, 1.807) is 24.3 Å². The van der Waals surface area contributed by atoms with Crippen LogP contribution < -0.4 is 15.2 Å². The number of benzene rings is 1. The number of rotatable bonds is 7. The van der Waals surface area contributed by atoms with Crippen molar-refractivity contribution in [3.05, 3.63) is 24.3 Å². The Morgan fingerprint density at radius 3 is 2.53 bits per heavy atom. The third kappa shape index (κ3) is 5.53. The van der Waals surface area contributed by atoms with Gasteiger partial charge in [-0.1, -0.05) is 0 Å². The monoisotopic (exact) mass is 260 g/mol. The molecule has 0 atom stereocenters. The van der Waals surface area contributed by atoms with E-state index < -0.39 is 10.0 Å². The fraction of sp³-hybridized carbons (Fsp3) is 0.400. The van der Waals surface area contributed by atoms with Crippen molar-refractivity contribution in [1.29, 1.82) is 0 Å². The van der Waals surface area contributed by atoms with Crippen LogP contribution in [0.5, 0.6) is 5.75 Å². The number of ether oxygens (including phenoxy) is 1. The number of nitrogens with two attached hydrogens (primary N) is 1. The van der Waals surface area contributed by atoms with Gasteiger partial charge in [0.25, 0.3) is 0 Å². The van der Waals surface area contributed by atoms with E-state index in [2.05, 4.69) is 4.72 Å². The van der Waals surface area contributed by atoms with Gasteiger partial charge in [-0.15, -0.1) is 0 Å². The Kier molecular flexibility index (Phi) is 5.20. The lowest BCUT2D eigenvalue weighted by molar-refractivity contribution is 0.300. The van der Waals surface area contributed by atoms with Crippen molar-refractivity contribution in [2.75, 3.05) is 31.2 Å². The van der Waals surface area contributed by atoms with Gasteiger partial charge in [-0.2, -0.15) is 0 Å². The van der Waals surface area contributed by atoms with E-state index in [4.69, 9.17) is 15.6 Å². The molecule has 0 saturated carbocycles. The molecule has 0 spiro atoms. The minimum atomic E-state index is -3.38. The third-order valence-corrected chi connectivity index (χ3v) is 3.28. The summed E-state index contributed by atoms with van der Waals surface area (Å²) < 4.78 is 30.1. The molecule has 0 bridgehead atoms. The number of hydrogen-bond donors (Lipinski definition) is 3. The normalized spacial score (nSPS) is 11.4. The Hall–Kier alpha value is -1.31. The molecule has 6 nitrogen and oxygen atoms in total. The van der Waals surface area contributed by atoms with Gasteiger partial charge >= 0.3 is 0 Å². The predicted octanol–water partition coefficient (Wildman–Crippen LogP) is -0.441. The maximum atomic E-state index is 11.3. The molecule has 1 aromatic carbocycles. The molecule has 0 unspecified atom stereocenters. The molecule has 0 aromatic heterocycles. The van der Waals surface area contributed by atoms with Crippen molar-refractivity contribution in [2.45, 2.75) is 0 Å². The fourth-order valence-electron chi connectivity index (χ4n) is 1.11. The lowest BCUT2D eigenvalue weighted by atomic mass is 10.3. The fourth-order valence-corrected chi connectivity index (χ4v) is 1.96. The van der Waals surface area contributed by atoms with E-state index in [9.17, 15) is 8.42 Å². The minimum absolute atomic E-state index is 0.0181. The van der Waals surface area contributed by atoms with Crippen molar-refractivity contribution >= 4 is 15.7 Å². The molecule has 0 saturated heterocycles. The summed E-state index contributed by atoms with van der Waals surface area (Å²) in [7, 11) is -3.38. The number of sulfonamides is 1. The zero-order valence-corrected chi connectivity index (χ0v) is 10.1. The van der Waals surface area contributed by atoms with E-state index >= 15 is 0 Å². The summed E-state index contributed by atoms with van der Waals surface area (Å²) in [5.41, 5.74) is 6.11.